The molecule has 1 aliphatic heterocycles. The summed E-state index contributed by atoms with van der Waals surface area (Å²) in [6.45, 7) is 4.56. The van der Waals surface area contributed by atoms with Gasteiger partial charge in [0.05, 0.1) is 17.5 Å². The van der Waals surface area contributed by atoms with Crippen molar-refractivity contribution in [2.45, 2.75) is 24.0 Å². The van der Waals surface area contributed by atoms with Crippen LogP contribution in [0.25, 0.3) is 0 Å². The van der Waals surface area contributed by atoms with Gasteiger partial charge in [-0.25, -0.2) is 0 Å². The molecule has 0 radical (unpaired) electrons. The lowest BCUT2D eigenvalue weighted by Crippen LogP contribution is -2.31. The summed E-state index contributed by atoms with van der Waals surface area (Å²) in [6, 6.07) is 7.06. The average molecular weight is 321 g/mol. The predicted octanol–water partition coefficient (Wildman–Crippen LogP) is 0.914. The number of thioether (sulfide) groups is 1. The van der Waals surface area contributed by atoms with Crippen molar-refractivity contribution in [2.75, 3.05) is 19.8 Å². The van der Waals surface area contributed by atoms with E-state index >= 15 is 0 Å². The van der Waals surface area contributed by atoms with Gasteiger partial charge in [0.15, 0.2) is 0 Å². The van der Waals surface area contributed by atoms with Crippen molar-refractivity contribution >= 4 is 29.5 Å². The number of amides is 3. The molecule has 3 amide bonds. The number of likely N-dealkylation sites (N-methyl/N-ethyl adjacent to an activating group) is 1. The molecule has 2 rings (SSSR count). The largest absolute Gasteiger partial charge is 0.369 e. The maximum atomic E-state index is 12.6. The Hall–Kier alpha value is -2.02. The zero-order valence-electron chi connectivity index (χ0n) is 12.6. The lowest BCUT2D eigenvalue weighted by molar-refractivity contribution is -0.126. The summed E-state index contributed by atoms with van der Waals surface area (Å²) >= 11 is 1.25. The number of hydrogen-bond donors (Lipinski definition) is 1. The summed E-state index contributed by atoms with van der Waals surface area (Å²) in [5.41, 5.74) is 5.77. The Morgan fingerprint density at radius 2 is 2.05 bits per heavy atom. The molecule has 1 heterocycles. The predicted molar refractivity (Wildman–Crippen MR) is 84.2 cm³/mol. The molecule has 0 unspecified atom stereocenters. The molecule has 118 valence electrons. The Kier molecular flexibility index (Phi) is 5.07. The van der Waals surface area contributed by atoms with Crippen LogP contribution in [-0.4, -0.2) is 52.5 Å². The molecular formula is C15H19N3O3S. The third-order valence-electron chi connectivity index (χ3n) is 3.51. The maximum absolute atomic E-state index is 12.6. The van der Waals surface area contributed by atoms with E-state index < -0.39 is 11.2 Å². The second-order valence-corrected chi connectivity index (χ2v) is 6.44. The fourth-order valence-corrected chi connectivity index (χ4v) is 3.11. The Morgan fingerprint density at radius 3 is 2.64 bits per heavy atom. The smallest absolute Gasteiger partial charge is 0.256 e. The van der Waals surface area contributed by atoms with E-state index in [-0.39, 0.29) is 18.4 Å². The van der Waals surface area contributed by atoms with Crippen LogP contribution >= 0.6 is 11.8 Å². The highest BCUT2D eigenvalue weighted by molar-refractivity contribution is 8.00. The van der Waals surface area contributed by atoms with E-state index in [2.05, 4.69) is 0 Å². The summed E-state index contributed by atoms with van der Waals surface area (Å²) in [6.07, 6.45) is 0. The van der Waals surface area contributed by atoms with Crippen LogP contribution in [0, 0.1) is 0 Å². The van der Waals surface area contributed by atoms with E-state index in [1.54, 1.807) is 36.1 Å². The first-order valence-electron chi connectivity index (χ1n) is 7.06. The summed E-state index contributed by atoms with van der Waals surface area (Å²) in [7, 11) is 0. The molecule has 1 saturated heterocycles. The first kappa shape index (κ1) is 16.4. The van der Waals surface area contributed by atoms with Crippen molar-refractivity contribution in [1.82, 2.24) is 9.80 Å². The highest BCUT2D eigenvalue weighted by atomic mass is 32.2. The lowest BCUT2D eigenvalue weighted by Gasteiger charge is -2.18. The van der Waals surface area contributed by atoms with Crippen molar-refractivity contribution in [3.8, 4) is 0 Å². The molecule has 1 aliphatic rings. The first-order chi connectivity index (χ1) is 10.4. The minimum Gasteiger partial charge on any atom is -0.369 e. The molecule has 0 aromatic heterocycles. The zero-order chi connectivity index (χ0) is 16.3. The number of benzene rings is 1. The Labute approximate surface area is 133 Å². The normalized spacial score (nSPS) is 16.0. The topological polar surface area (TPSA) is 83.7 Å². The van der Waals surface area contributed by atoms with Crippen LogP contribution in [0.1, 0.15) is 24.2 Å². The van der Waals surface area contributed by atoms with Crippen molar-refractivity contribution < 1.29 is 14.4 Å². The summed E-state index contributed by atoms with van der Waals surface area (Å²) < 4.78 is 0. The van der Waals surface area contributed by atoms with Crippen LogP contribution in [0.15, 0.2) is 29.2 Å². The number of carbonyl (C=O) groups is 3. The molecule has 6 nitrogen and oxygen atoms in total. The Balaban J connectivity index is 2.20. The molecule has 0 bridgehead atoms. The third-order valence-corrected chi connectivity index (χ3v) is 4.71. The molecule has 0 spiro atoms. The maximum Gasteiger partial charge on any atom is 0.256 e. The molecule has 1 atom stereocenters. The van der Waals surface area contributed by atoms with E-state index in [0.717, 1.165) is 0 Å². The van der Waals surface area contributed by atoms with Gasteiger partial charge in [0, 0.05) is 11.4 Å². The van der Waals surface area contributed by atoms with E-state index in [4.69, 9.17) is 5.73 Å². The number of hydrogen-bond acceptors (Lipinski definition) is 4. The lowest BCUT2D eigenvalue weighted by atomic mass is 10.2. The Morgan fingerprint density at radius 1 is 1.36 bits per heavy atom. The van der Waals surface area contributed by atoms with E-state index in [0.29, 0.717) is 23.7 Å². The summed E-state index contributed by atoms with van der Waals surface area (Å²) in [5, 5.41) is -0.429. The van der Waals surface area contributed by atoms with E-state index in [1.165, 1.54) is 16.7 Å². The number of nitrogens with zero attached hydrogens (tertiary/aromatic N) is 2. The van der Waals surface area contributed by atoms with Gasteiger partial charge in [0.25, 0.3) is 5.91 Å². The van der Waals surface area contributed by atoms with Gasteiger partial charge in [-0.05, 0) is 26.0 Å². The van der Waals surface area contributed by atoms with E-state index in [9.17, 15) is 14.4 Å². The molecular weight excluding hydrogens is 302 g/mol. The Bertz CT molecular complexity index is 605. The number of primary amides is 1. The highest BCUT2D eigenvalue weighted by Gasteiger charge is 2.31. The van der Waals surface area contributed by atoms with Gasteiger partial charge in [-0.1, -0.05) is 12.1 Å². The van der Waals surface area contributed by atoms with Crippen molar-refractivity contribution in [3.05, 3.63) is 29.8 Å². The second kappa shape index (κ2) is 6.83. The van der Waals surface area contributed by atoms with Crippen LogP contribution in [0.3, 0.4) is 0 Å². The minimum atomic E-state index is -0.430. The SMILES string of the molecule is CCN1CN(C(=O)c2ccccc2S[C@@H](C)C(N)=O)CC1=O. The van der Waals surface area contributed by atoms with Crippen LogP contribution < -0.4 is 5.73 Å². The molecule has 22 heavy (non-hydrogen) atoms. The fourth-order valence-electron chi connectivity index (χ4n) is 2.18. The summed E-state index contributed by atoms with van der Waals surface area (Å²) in [4.78, 5) is 39.5. The quantitative estimate of drug-likeness (QED) is 0.817. The highest BCUT2D eigenvalue weighted by Crippen LogP contribution is 2.28. The number of rotatable bonds is 5. The monoisotopic (exact) mass is 321 g/mol. The minimum absolute atomic E-state index is 0.0495. The number of carbonyl (C=O) groups excluding carboxylic acids is 3. The number of nitrogens with two attached hydrogens (primary N) is 1. The molecule has 7 heteroatoms. The molecule has 0 saturated carbocycles. The summed E-state index contributed by atoms with van der Waals surface area (Å²) in [5.74, 6) is -0.684. The van der Waals surface area contributed by atoms with E-state index in [1.807, 2.05) is 6.92 Å². The van der Waals surface area contributed by atoms with Crippen LogP contribution in [-0.2, 0) is 9.59 Å². The average Bonchev–Trinajstić information content (AvgIpc) is 2.88. The fraction of sp³-hybridized carbons (Fsp3) is 0.400. The molecule has 1 aromatic carbocycles. The molecule has 1 aromatic rings. The molecule has 0 aliphatic carbocycles. The van der Waals surface area contributed by atoms with Gasteiger partial charge in [0.2, 0.25) is 11.8 Å². The van der Waals surface area contributed by atoms with Crippen molar-refractivity contribution in [1.29, 1.82) is 0 Å². The zero-order valence-corrected chi connectivity index (χ0v) is 13.4. The third kappa shape index (κ3) is 3.41. The van der Waals surface area contributed by atoms with Crippen molar-refractivity contribution in [2.24, 2.45) is 5.73 Å². The second-order valence-electron chi connectivity index (χ2n) is 5.05. The van der Waals surface area contributed by atoms with Crippen molar-refractivity contribution in [3.63, 3.8) is 0 Å². The van der Waals surface area contributed by atoms with Crippen LogP contribution in [0.5, 0.6) is 0 Å². The standard InChI is InChI=1S/C15H19N3O3S/c1-3-17-9-18(8-13(17)19)15(21)11-6-4-5-7-12(11)22-10(2)14(16)20/h4-7,10H,3,8-9H2,1-2H3,(H2,16,20)/t10-/m0/s1. The van der Waals surface area contributed by atoms with Gasteiger partial charge >= 0.3 is 0 Å². The molecule has 2 N–H and O–H groups in total. The van der Waals surface area contributed by atoms with Crippen LogP contribution in [0.2, 0.25) is 0 Å². The van der Waals surface area contributed by atoms with Crippen LogP contribution in [0.4, 0.5) is 0 Å². The first-order valence-corrected chi connectivity index (χ1v) is 7.94. The van der Waals surface area contributed by atoms with Gasteiger partial charge in [-0.3, -0.25) is 14.4 Å². The van der Waals surface area contributed by atoms with Gasteiger partial charge in [0.1, 0.15) is 6.54 Å². The van der Waals surface area contributed by atoms with Gasteiger partial charge in [-0.2, -0.15) is 0 Å². The molecule has 1 fully saturated rings. The van der Waals surface area contributed by atoms with Gasteiger partial charge in [-0.15, -0.1) is 11.8 Å². The van der Waals surface area contributed by atoms with Gasteiger partial charge < -0.3 is 15.5 Å².